The first-order valence-corrected chi connectivity index (χ1v) is 6.23. The fourth-order valence-corrected chi connectivity index (χ4v) is 2.01. The molecule has 2 atom stereocenters. The summed E-state index contributed by atoms with van der Waals surface area (Å²) in [5.41, 5.74) is 6.59. The van der Waals surface area contributed by atoms with Gasteiger partial charge in [-0.2, -0.15) is 0 Å². The van der Waals surface area contributed by atoms with Crippen molar-refractivity contribution in [2.75, 3.05) is 14.2 Å². The summed E-state index contributed by atoms with van der Waals surface area (Å²) < 4.78 is 10.4. The fourth-order valence-electron chi connectivity index (χ4n) is 2.01. The van der Waals surface area contributed by atoms with Gasteiger partial charge in [0, 0.05) is 6.07 Å². The van der Waals surface area contributed by atoms with Crippen LogP contribution >= 0.6 is 0 Å². The molecule has 0 spiro atoms. The van der Waals surface area contributed by atoms with E-state index >= 15 is 0 Å². The quantitative estimate of drug-likeness (QED) is 0.789. The highest BCUT2D eigenvalue weighted by Gasteiger charge is 2.20. The van der Waals surface area contributed by atoms with Gasteiger partial charge in [-0.1, -0.05) is 6.92 Å². The lowest BCUT2D eigenvalue weighted by atomic mass is 9.90. The SMILES string of the molecule is CCC(CC(N)C(=O)O)c1cc(OC)cc(OC)c1. The van der Waals surface area contributed by atoms with Crippen LogP contribution in [0, 0.1) is 0 Å². The number of benzene rings is 1. The first-order valence-electron chi connectivity index (χ1n) is 6.23. The zero-order valence-corrected chi connectivity index (χ0v) is 11.6. The molecule has 1 aromatic carbocycles. The molecule has 5 nitrogen and oxygen atoms in total. The van der Waals surface area contributed by atoms with Crippen molar-refractivity contribution in [1.29, 1.82) is 0 Å². The lowest BCUT2D eigenvalue weighted by Gasteiger charge is -2.19. The summed E-state index contributed by atoms with van der Waals surface area (Å²) in [4.78, 5) is 10.9. The maximum absolute atomic E-state index is 10.9. The van der Waals surface area contributed by atoms with Crippen LogP contribution in [0.3, 0.4) is 0 Å². The maximum atomic E-state index is 10.9. The van der Waals surface area contributed by atoms with E-state index in [1.807, 2.05) is 19.1 Å². The Morgan fingerprint density at radius 2 is 1.79 bits per heavy atom. The molecule has 2 unspecified atom stereocenters. The zero-order chi connectivity index (χ0) is 14.4. The molecule has 5 heteroatoms. The monoisotopic (exact) mass is 267 g/mol. The molecular weight excluding hydrogens is 246 g/mol. The van der Waals surface area contributed by atoms with Crippen LogP contribution in [0.1, 0.15) is 31.2 Å². The number of hydrogen-bond donors (Lipinski definition) is 2. The molecule has 19 heavy (non-hydrogen) atoms. The van der Waals surface area contributed by atoms with Crippen LogP contribution in [-0.4, -0.2) is 31.3 Å². The molecule has 0 aromatic heterocycles. The maximum Gasteiger partial charge on any atom is 0.320 e. The number of carboxylic acid groups (broad SMARTS) is 1. The van der Waals surface area contributed by atoms with Crippen LogP contribution in [0.4, 0.5) is 0 Å². The molecule has 1 aromatic rings. The highest BCUT2D eigenvalue weighted by atomic mass is 16.5. The van der Waals surface area contributed by atoms with Gasteiger partial charge in [0.1, 0.15) is 17.5 Å². The molecule has 106 valence electrons. The fraction of sp³-hybridized carbons (Fsp3) is 0.500. The van der Waals surface area contributed by atoms with Crippen molar-refractivity contribution in [2.24, 2.45) is 5.73 Å². The van der Waals surface area contributed by atoms with Gasteiger partial charge in [0.05, 0.1) is 14.2 Å². The number of carbonyl (C=O) groups is 1. The summed E-state index contributed by atoms with van der Waals surface area (Å²) in [5, 5.41) is 8.90. The van der Waals surface area contributed by atoms with E-state index in [0.29, 0.717) is 17.9 Å². The third kappa shape index (κ3) is 4.13. The molecule has 0 saturated heterocycles. The van der Waals surface area contributed by atoms with E-state index < -0.39 is 12.0 Å². The lowest BCUT2D eigenvalue weighted by Crippen LogP contribution is -2.31. The molecule has 3 N–H and O–H groups in total. The topological polar surface area (TPSA) is 81.8 Å². The summed E-state index contributed by atoms with van der Waals surface area (Å²) in [7, 11) is 3.17. The first-order chi connectivity index (χ1) is 9.01. The van der Waals surface area contributed by atoms with Crippen LogP contribution in [-0.2, 0) is 4.79 Å². The van der Waals surface area contributed by atoms with Gasteiger partial charge in [0.15, 0.2) is 0 Å². The predicted molar refractivity (Wildman–Crippen MR) is 72.8 cm³/mol. The molecule has 0 saturated carbocycles. The van der Waals surface area contributed by atoms with Gasteiger partial charge in [0.2, 0.25) is 0 Å². The predicted octanol–water partition coefficient (Wildman–Crippen LogP) is 2.00. The molecule has 1 rings (SSSR count). The van der Waals surface area contributed by atoms with Gasteiger partial charge in [-0.25, -0.2) is 0 Å². The summed E-state index contributed by atoms with van der Waals surface area (Å²) in [6.45, 7) is 2.01. The Morgan fingerprint density at radius 3 is 2.16 bits per heavy atom. The van der Waals surface area contributed by atoms with Gasteiger partial charge in [-0.05, 0) is 36.5 Å². The number of hydrogen-bond acceptors (Lipinski definition) is 4. The number of ether oxygens (including phenoxy) is 2. The zero-order valence-electron chi connectivity index (χ0n) is 11.6. The van der Waals surface area contributed by atoms with E-state index in [1.165, 1.54) is 0 Å². The number of aliphatic carboxylic acids is 1. The summed E-state index contributed by atoms with van der Waals surface area (Å²) >= 11 is 0. The average Bonchev–Trinajstić information content (AvgIpc) is 2.43. The lowest BCUT2D eigenvalue weighted by molar-refractivity contribution is -0.138. The van der Waals surface area contributed by atoms with E-state index in [9.17, 15) is 4.79 Å². The highest BCUT2D eigenvalue weighted by molar-refractivity contribution is 5.73. The van der Waals surface area contributed by atoms with E-state index in [1.54, 1.807) is 20.3 Å². The van der Waals surface area contributed by atoms with Crippen molar-refractivity contribution in [3.8, 4) is 11.5 Å². The minimum atomic E-state index is -0.978. The Kier molecular flexibility index (Phi) is 5.63. The average molecular weight is 267 g/mol. The second-order valence-corrected chi connectivity index (χ2v) is 4.43. The van der Waals surface area contributed by atoms with Gasteiger partial charge >= 0.3 is 5.97 Å². The number of methoxy groups -OCH3 is 2. The first kappa shape index (κ1) is 15.3. The molecule has 0 heterocycles. The van der Waals surface area contributed by atoms with Crippen molar-refractivity contribution in [3.63, 3.8) is 0 Å². The van der Waals surface area contributed by atoms with Crippen molar-refractivity contribution >= 4 is 5.97 Å². The van der Waals surface area contributed by atoms with Gasteiger partial charge in [-0.3, -0.25) is 4.79 Å². The third-order valence-corrected chi connectivity index (χ3v) is 3.19. The minimum Gasteiger partial charge on any atom is -0.497 e. The third-order valence-electron chi connectivity index (χ3n) is 3.19. The number of nitrogens with two attached hydrogens (primary N) is 1. The second-order valence-electron chi connectivity index (χ2n) is 4.43. The van der Waals surface area contributed by atoms with Crippen LogP contribution < -0.4 is 15.2 Å². The van der Waals surface area contributed by atoms with Crippen molar-refractivity contribution in [1.82, 2.24) is 0 Å². The smallest absolute Gasteiger partial charge is 0.320 e. The van der Waals surface area contributed by atoms with Gasteiger partial charge in [0.25, 0.3) is 0 Å². The second kappa shape index (κ2) is 6.99. The van der Waals surface area contributed by atoms with Crippen LogP contribution in [0.2, 0.25) is 0 Å². The van der Waals surface area contributed by atoms with E-state index in [2.05, 4.69) is 0 Å². The standard InChI is InChI=1S/C14H21NO4/c1-4-9(7-13(15)14(16)17)10-5-11(18-2)8-12(6-10)19-3/h5-6,8-9,13H,4,7,15H2,1-3H3,(H,16,17). The van der Waals surface area contributed by atoms with Gasteiger partial charge < -0.3 is 20.3 Å². The van der Waals surface area contributed by atoms with Gasteiger partial charge in [-0.15, -0.1) is 0 Å². The minimum absolute atomic E-state index is 0.0649. The van der Waals surface area contributed by atoms with Crippen LogP contribution in [0.5, 0.6) is 11.5 Å². The van der Waals surface area contributed by atoms with Crippen molar-refractivity contribution < 1.29 is 19.4 Å². The Labute approximate surface area is 113 Å². The molecule has 0 radical (unpaired) electrons. The van der Waals surface area contributed by atoms with E-state index in [4.69, 9.17) is 20.3 Å². The Bertz CT molecular complexity index is 411. The summed E-state index contributed by atoms with van der Waals surface area (Å²) in [5.74, 6) is 0.469. The van der Waals surface area contributed by atoms with Crippen molar-refractivity contribution in [2.45, 2.75) is 31.7 Å². The molecule has 0 amide bonds. The van der Waals surface area contributed by atoms with E-state index in [-0.39, 0.29) is 5.92 Å². The Morgan fingerprint density at radius 1 is 1.26 bits per heavy atom. The van der Waals surface area contributed by atoms with Crippen LogP contribution in [0.25, 0.3) is 0 Å². The van der Waals surface area contributed by atoms with Crippen LogP contribution in [0.15, 0.2) is 18.2 Å². The normalized spacial score (nSPS) is 13.7. The Hall–Kier alpha value is -1.75. The largest absolute Gasteiger partial charge is 0.497 e. The number of carboxylic acids is 1. The van der Waals surface area contributed by atoms with E-state index in [0.717, 1.165) is 12.0 Å². The molecule has 0 aliphatic rings. The summed E-state index contributed by atoms with van der Waals surface area (Å²) in [6, 6.07) is 4.71. The molecule has 0 bridgehead atoms. The number of rotatable bonds is 7. The molecule has 0 aliphatic heterocycles. The molecule has 0 aliphatic carbocycles. The highest BCUT2D eigenvalue weighted by Crippen LogP contribution is 2.31. The molecular formula is C14H21NO4. The summed E-state index contributed by atoms with van der Waals surface area (Å²) in [6.07, 6.45) is 1.19. The Balaban J connectivity index is 2.99. The molecule has 0 fully saturated rings. The van der Waals surface area contributed by atoms with Crippen molar-refractivity contribution in [3.05, 3.63) is 23.8 Å².